The van der Waals surface area contributed by atoms with Crippen LogP contribution < -0.4 is 5.32 Å². The summed E-state index contributed by atoms with van der Waals surface area (Å²) >= 11 is 1.58. The summed E-state index contributed by atoms with van der Waals surface area (Å²) in [6, 6.07) is 5.48. The minimum Gasteiger partial charge on any atom is -0.317 e. The maximum atomic E-state index is 13.5. The van der Waals surface area contributed by atoms with Crippen molar-refractivity contribution in [2.75, 3.05) is 13.1 Å². The van der Waals surface area contributed by atoms with Gasteiger partial charge in [0.15, 0.2) is 6.33 Å². The fraction of sp³-hybridized carbons (Fsp3) is 0.480. The predicted molar refractivity (Wildman–Crippen MR) is 123 cm³/mol. The van der Waals surface area contributed by atoms with Crippen LogP contribution in [-0.4, -0.2) is 28.0 Å². The van der Waals surface area contributed by atoms with Gasteiger partial charge in [-0.15, -0.1) is 11.3 Å². The smallest absolute Gasteiger partial charge is 0.317 e. The van der Waals surface area contributed by atoms with E-state index < -0.39 is 11.7 Å². The zero-order valence-corrected chi connectivity index (χ0v) is 19.1. The van der Waals surface area contributed by atoms with Crippen molar-refractivity contribution in [2.24, 2.45) is 0 Å². The number of nitrogens with one attached hydrogen (secondary N) is 1. The molecule has 33 heavy (non-hydrogen) atoms. The van der Waals surface area contributed by atoms with Crippen LogP contribution in [-0.2, 0) is 6.18 Å². The molecule has 0 unspecified atom stereocenters. The number of thiazole rings is 1. The summed E-state index contributed by atoms with van der Waals surface area (Å²) in [4.78, 5) is 14.5. The van der Waals surface area contributed by atoms with Gasteiger partial charge in [-0.2, -0.15) is 13.2 Å². The Morgan fingerprint density at radius 3 is 2.52 bits per heavy atom. The van der Waals surface area contributed by atoms with Crippen LogP contribution in [0, 0.1) is 6.33 Å². The second-order valence-corrected chi connectivity index (χ2v) is 9.97. The summed E-state index contributed by atoms with van der Waals surface area (Å²) in [6.07, 6.45) is 7.87. The number of hydrogen-bond acceptors (Lipinski definition) is 5. The Kier molecular flexibility index (Phi) is 6.47. The standard InChI is InChI=1S/C25H26F3N4S/c26-25(27,28)19-8-4-7-18(13-19)21-23(33-24(32-21)17-9-11-29-12-10-17)22-20(14-30-15-31-22)16-5-2-1-3-6-16/h4,7-8,13-14,16-17,29H,1-3,5-6,9-12H2. The molecule has 0 spiro atoms. The lowest BCUT2D eigenvalue weighted by Gasteiger charge is -2.23. The van der Waals surface area contributed by atoms with Crippen LogP contribution in [0.1, 0.15) is 72.9 Å². The molecule has 5 rings (SSSR count). The molecule has 2 fully saturated rings. The molecular weight excluding hydrogens is 445 g/mol. The van der Waals surface area contributed by atoms with Crippen molar-refractivity contribution in [3.8, 4) is 21.8 Å². The monoisotopic (exact) mass is 471 g/mol. The van der Waals surface area contributed by atoms with Crippen molar-refractivity contribution >= 4 is 11.3 Å². The Balaban J connectivity index is 1.64. The van der Waals surface area contributed by atoms with Crippen molar-refractivity contribution < 1.29 is 13.2 Å². The highest BCUT2D eigenvalue weighted by Gasteiger charge is 2.32. The minimum atomic E-state index is -4.40. The Hall–Kier alpha value is -2.32. The van der Waals surface area contributed by atoms with Crippen molar-refractivity contribution in [3.05, 3.63) is 52.9 Å². The molecule has 1 aromatic carbocycles. The van der Waals surface area contributed by atoms with E-state index in [1.165, 1.54) is 31.4 Å². The van der Waals surface area contributed by atoms with Crippen molar-refractivity contribution in [2.45, 2.75) is 63.0 Å². The van der Waals surface area contributed by atoms with Gasteiger partial charge in [0.2, 0.25) is 0 Å². The van der Waals surface area contributed by atoms with Crippen LogP contribution in [0.25, 0.3) is 21.8 Å². The number of rotatable bonds is 4. The lowest BCUT2D eigenvalue weighted by Crippen LogP contribution is -2.26. The lowest BCUT2D eigenvalue weighted by atomic mass is 9.83. The van der Waals surface area contributed by atoms with E-state index in [0.717, 1.165) is 66.0 Å². The molecule has 173 valence electrons. The highest BCUT2D eigenvalue weighted by molar-refractivity contribution is 7.15. The molecule has 1 aliphatic heterocycles. The van der Waals surface area contributed by atoms with Crippen LogP contribution >= 0.6 is 11.3 Å². The molecule has 4 nitrogen and oxygen atoms in total. The van der Waals surface area contributed by atoms with Gasteiger partial charge in [0.1, 0.15) is 0 Å². The van der Waals surface area contributed by atoms with Gasteiger partial charge < -0.3 is 5.32 Å². The summed E-state index contributed by atoms with van der Waals surface area (Å²) in [5.74, 6) is 0.667. The first-order valence-electron chi connectivity index (χ1n) is 11.6. The van der Waals surface area contributed by atoms with Crippen molar-refractivity contribution in [1.29, 1.82) is 0 Å². The number of nitrogens with zero attached hydrogens (tertiary/aromatic N) is 3. The average Bonchev–Trinajstić information content (AvgIpc) is 3.30. The number of aromatic nitrogens is 3. The van der Waals surface area contributed by atoms with Gasteiger partial charge in [0.05, 0.1) is 26.8 Å². The topological polar surface area (TPSA) is 50.7 Å². The van der Waals surface area contributed by atoms with Gasteiger partial charge in [-0.05, 0) is 56.8 Å². The van der Waals surface area contributed by atoms with E-state index >= 15 is 0 Å². The molecule has 2 aromatic heterocycles. The molecule has 1 N–H and O–H groups in total. The van der Waals surface area contributed by atoms with Crippen molar-refractivity contribution in [3.63, 3.8) is 0 Å². The first kappa shape index (κ1) is 22.5. The summed E-state index contributed by atoms with van der Waals surface area (Å²) in [5, 5.41) is 4.35. The van der Waals surface area contributed by atoms with E-state index in [4.69, 9.17) is 4.98 Å². The summed E-state index contributed by atoms with van der Waals surface area (Å²) in [7, 11) is 0. The number of benzene rings is 1. The Bertz CT molecular complexity index is 1100. The SMILES string of the molecule is FC(F)(F)c1cccc(-c2nc(C3CCNCC3)sc2-c2n[c]ncc2C2CCCCC2)c1. The first-order chi connectivity index (χ1) is 16.0. The summed E-state index contributed by atoms with van der Waals surface area (Å²) in [6.45, 7) is 1.85. The number of piperidine rings is 1. The lowest BCUT2D eigenvalue weighted by molar-refractivity contribution is -0.137. The second-order valence-electron chi connectivity index (χ2n) is 8.94. The predicted octanol–water partition coefficient (Wildman–Crippen LogP) is 6.60. The molecule has 3 aromatic rings. The molecule has 8 heteroatoms. The fourth-order valence-corrected chi connectivity index (χ4v) is 6.25. The Labute approximate surface area is 195 Å². The minimum absolute atomic E-state index is 0.304. The number of alkyl halides is 3. The van der Waals surface area contributed by atoms with Crippen LogP contribution in [0.2, 0.25) is 0 Å². The zero-order valence-electron chi connectivity index (χ0n) is 18.3. The van der Waals surface area contributed by atoms with Gasteiger partial charge >= 0.3 is 6.18 Å². The van der Waals surface area contributed by atoms with E-state index in [2.05, 4.69) is 21.6 Å². The zero-order chi connectivity index (χ0) is 22.8. The Morgan fingerprint density at radius 1 is 0.970 bits per heavy atom. The van der Waals surface area contributed by atoms with E-state index in [1.54, 1.807) is 17.4 Å². The molecule has 3 heterocycles. The highest BCUT2D eigenvalue weighted by atomic mass is 32.1. The normalized spacial score (nSPS) is 18.5. The quantitative estimate of drug-likeness (QED) is 0.466. The molecule has 2 aliphatic rings. The van der Waals surface area contributed by atoms with E-state index in [9.17, 15) is 13.2 Å². The van der Waals surface area contributed by atoms with Gasteiger partial charge in [-0.3, -0.25) is 0 Å². The molecular formula is C25H26F3N4S. The third kappa shape index (κ3) is 4.82. The third-order valence-corrected chi connectivity index (χ3v) is 7.98. The number of hydrogen-bond donors (Lipinski definition) is 1. The maximum absolute atomic E-state index is 13.5. The average molecular weight is 472 g/mol. The van der Waals surface area contributed by atoms with Crippen LogP contribution in [0.3, 0.4) is 0 Å². The first-order valence-corrected chi connectivity index (χ1v) is 12.4. The second kappa shape index (κ2) is 9.50. The van der Waals surface area contributed by atoms with Gasteiger partial charge in [0, 0.05) is 23.2 Å². The van der Waals surface area contributed by atoms with Gasteiger partial charge in [-0.25, -0.2) is 15.0 Å². The maximum Gasteiger partial charge on any atom is 0.416 e. The largest absolute Gasteiger partial charge is 0.416 e. The molecule has 1 radical (unpaired) electrons. The van der Waals surface area contributed by atoms with Crippen molar-refractivity contribution in [1.82, 2.24) is 20.3 Å². The summed E-state index contributed by atoms with van der Waals surface area (Å²) < 4.78 is 40.4. The molecule has 1 saturated carbocycles. The van der Waals surface area contributed by atoms with E-state index in [-0.39, 0.29) is 0 Å². The Morgan fingerprint density at radius 2 is 1.76 bits per heavy atom. The third-order valence-electron chi connectivity index (χ3n) is 6.75. The molecule has 0 amide bonds. The number of halogens is 3. The molecule has 1 aliphatic carbocycles. The van der Waals surface area contributed by atoms with E-state index in [1.807, 2.05) is 6.20 Å². The van der Waals surface area contributed by atoms with Gasteiger partial charge in [0.25, 0.3) is 0 Å². The van der Waals surface area contributed by atoms with Crippen LogP contribution in [0.4, 0.5) is 13.2 Å². The molecule has 1 saturated heterocycles. The van der Waals surface area contributed by atoms with Gasteiger partial charge in [-0.1, -0.05) is 31.4 Å². The van der Waals surface area contributed by atoms with Crippen LogP contribution in [0.5, 0.6) is 0 Å². The van der Waals surface area contributed by atoms with E-state index in [0.29, 0.717) is 23.1 Å². The molecule has 0 atom stereocenters. The highest BCUT2D eigenvalue weighted by Crippen LogP contribution is 2.45. The fourth-order valence-electron chi connectivity index (χ4n) is 4.98. The summed E-state index contributed by atoms with van der Waals surface area (Å²) in [5.41, 5.74) is 2.25. The van der Waals surface area contributed by atoms with Crippen LogP contribution in [0.15, 0.2) is 30.5 Å². The molecule has 0 bridgehead atoms.